The van der Waals surface area contributed by atoms with Crippen LogP contribution in [0.4, 0.5) is 17.1 Å². The van der Waals surface area contributed by atoms with Crippen molar-refractivity contribution in [1.29, 1.82) is 0 Å². The molecule has 1 unspecified atom stereocenters. The van der Waals surface area contributed by atoms with Gasteiger partial charge in [0.15, 0.2) is 6.23 Å². The molecule has 1 N–H and O–H groups in total. The average Bonchev–Trinajstić information content (AvgIpc) is 2.79. The molecule has 3 aromatic carbocycles. The Morgan fingerprint density at radius 2 is 1.84 bits per heavy atom. The van der Waals surface area contributed by atoms with Crippen molar-refractivity contribution < 1.29 is 19.2 Å². The Kier molecular flexibility index (Phi) is 5.81. The highest BCUT2D eigenvalue weighted by atomic mass is 16.6. The van der Waals surface area contributed by atoms with Crippen LogP contribution in [0.1, 0.15) is 17.4 Å². The number of carbonyl (C=O) groups is 1. The van der Waals surface area contributed by atoms with Crippen molar-refractivity contribution in [1.82, 2.24) is 0 Å². The summed E-state index contributed by atoms with van der Waals surface area (Å²) in [5.74, 6) is 0.328. The summed E-state index contributed by atoms with van der Waals surface area (Å²) < 4.78 is 11.4. The van der Waals surface area contributed by atoms with Crippen molar-refractivity contribution in [2.24, 2.45) is 0 Å². The standard InChI is InChI=1S/C23H21N3O5/c1-30-21-9-5-3-7-19(21)24-22(27)14-25-20-8-4-2-6-17(20)15-31-23(25)16-10-12-18(13-11-16)26(28)29/h2-13,23H,14-15H2,1H3,(H,24,27). The molecule has 0 saturated carbocycles. The molecule has 158 valence electrons. The van der Waals surface area contributed by atoms with E-state index in [1.807, 2.05) is 41.3 Å². The van der Waals surface area contributed by atoms with Gasteiger partial charge < -0.3 is 19.7 Å². The van der Waals surface area contributed by atoms with E-state index < -0.39 is 11.2 Å². The van der Waals surface area contributed by atoms with Gasteiger partial charge in [-0.25, -0.2) is 0 Å². The van der Waals surface area contributed by atoms with Crippen LogP contribution in [0.5, 0.6) is 5.75 Å². The quantitative estimate of drug-likeness (QED) is 0.474. The third-order valence-corrected chi connectivity index (χ3v) is 5.06. The summed E-state index contributed by atoms with van der Waals surface area (Å²) in [6, 6.07) is 21.1. The van der Waals surface area contributed by atoms with Gasteiger partial charge >= 0.3 is 0 Å². The summed E-state index contributed by atoms with van der Waals surface area (Å²) in [5.41, 5.74) is 3.15. The molecule has 0 spiro atoms. The number of para-hydroxylation sites is 3. The largest absolute Gasteiger partial charge is 0.495 e. The summed E-state index contributed by atoms with van der Waals surface area (Å²) in [5, 5.41) is 13.9. The number of hydrogen-bond acceptors (Lipinski definition) is 6. The lowest BCUT2D eigenvalue weighted by atomic mass is 10.1. The number of carbonyl (C=O) groups excluding carboxylic acids is 1. The number of nitrogens with one attached hydrogen (secondary N) is 1. The second kappa shape index (κ2) is 8.85. The van der Waals surface area contributed by atoms with Crippen molar-refractivity contribution in [3.8, 4) is 5.75 Å². The first-order chi connectivity index (χ1) is 15.1. The Labute approximate surface area is 179 Å². The molecular formula is C23H21N3O5. The van der Waals surface area contributed by atoms with Gasteiger partial charge in [-0.1, -0.05) is 30.3 Å². The van der Waals surface area contributed by atoms with Crippen LogP contribution in [0.2, 0.25) is 0 Å². The molecule has 4 rings (SSSR count). The predicted molar refractivity (Wildman–Crippen MR) is 116 cm³/mol. The van der Waals surface area contributed by atoms with E-state index in [9.17, 15) is 14.9 Å². The molecule has 3 aromatic rings. The van der Waals surface area contributed by atoms with Gasteiger partial charge in [0.2, 0.25) is 5.91 Å². The topological polar surface area (TPSA) is 93.9 Å². The van der Waals surface area contributed by atoms with Gasteiger partial charge in [0, 0.05) is 28.9 Å². The third kappa shape index (κ3) is 4.34. The Morgan fingerprint density at radius 3 is 2.58 bits per heavy atom. The molecule has 1 aliphatic heterocycles. The fourth-order valence-electron chi connectivity index (χ4n) is 3.60. The Bertz CT molecular complexity index is 1100. The van der Waals surface area contributed by atoms with Gasteiger partial charge in [-0.05, 0) is 30.3 Å². The highest BCUT2D eigenvalue weighted by molar-refractivity contribution is 5.95. The first-order valence-electron chi connectivity index (χ1n) is 9.70. The number of amides is 1. The Balaban J connectivity index is 1.62. The number of methoxy groups -OCH3 is 1. The van der Waals surface area contributed by atoms with Crippen molar-refractivity contribution >= 4 is 23.0 Å². The van der Waals surface area contributed by atoms with E-state index in [-0.39, 0.29) is 18.1 Å². The van der Waals surface area contributed by atoms with Gasteiger partial charge in [-0.2, -0.15) is 0 Å². The van der Waals surface area contributed by atoms with E-state index in [4.69, 9.17) is 9.47 Å². The highest BCUT2D eigenvalue weighted by Crippen LogP contribution is 2.37. The fourth-order valence-corrected chi connectivity index (χ4v) is 3.60. The first-order valence-corrected chi connectivity index (χ1v) is 9.70. The Morgan fingerprint density at radius 1 is 1.13 bits per heavy atom. The third-order valence-electron chi connectivity index (χ3n) is 5.06. The van der Waals surface area contributed by atoms with Gasteiger partial charge in [-0.3, -0.25) is 14.9 Å². The fraction of sp³-hybridized carbons (Fsp3) is 0.174. The average molecular weight is 419 g/mol. The number of hydrogen-bond donors (Lipinski definition) is 1. The number of ether oxygens (including phenoxy) is 2. The normalized spacial score (nSPS) is 15.1. The number of rotatable bonds is 6. The van der Waals surface area contributed by atoms with Crippen LogP contribution in [0.3, 0.4) is 0 Å². The molecule has 8 heteroatoms. The molecule has 1 aliphatic rings. The number of fused-ring (bicyclic) bond motifs is 1. The maximum absolute atomic E-state index is 12.9. The molecule has 0 radical (unpaired) electrons. The zero-order valence-corrected chi connectivity index (χ0v) is 16.9. The van der Waals surface area contributed by atoms with Crippen LogP contribution in [0, 0.1) is 10.1 Å². The first kappa shape index (κ1) is 20.4. The summed E-state index contributed by atoms with van der Waals surface area (Å²) in [6.45, 7) is 0.402. The van der Waals surface area contributed by atoms with Crippen molar-refractivity contribution in [3.05, 3.63) is 94.0 Å². The molecule has 0 aromatic heterocycles. The number of benzene rings is 3. The molecule has 0 bridgehead atoms. The minimum absolute atomic E-state index is 0.000394. The van der Waals surface area contributed by atoms with Crippen LogP contribution in [-0.4, -0.2) is 24.5 Å². The zero-order valence-electron chi connectivity index (χ0n) is 16.9. The van der Waals surface area contributed by atoms with Gasteiger partial charge in [0.1, 0.15) is 12.3 Å². The molecular weight excluding hydrogens is 398 g/mol. The molecule has 1 heterocycles. The SMILES string of the molecule is COc1ccccc1NC(=O)CN1c2ccccc2COC1c1ccc([N+](=O)[O-])cc1. The molecule has 1 atom stereocenters. The Hall–Kier alpha value is -3.91. The number of nitro groups is 1. The molecule has 1 amide bonds. The van der Waals surface area contributed by atoms with E-state index in [0.29, 0.717) is 18.0 Å². The van der Waals surface area contributed by atoms with Gasteiger partial charge in [0.05, 0.1) is 24.3 Å². The highest BCUT2D eigenvalue weighted by Gasteiger charge is 2.30. The summed E-state index contributed by atoms with van der Waals surface area (Å²) in [7, 11) is 1.55. The van der Waals surface area contributed by atoms with E-state index in [1.165, 1.54) is 12.1 Å². The van der Waals surface area contributed by atoms with Crippen molar-refractivity contribution in [3.63, 3.8) is 0 Å². The van der Waals surface area contributed by atoms with E-state index >= 15 is 0 Å². The number of nitro benzene ring substituents is 1. The number of nitrogens with zero attached hydrogens (tertiary/aromatic N) is 2. The van der Waals surface area contributed by atoms with Crippen molar-refractivity contribution in [2.45, 2.75) is 12.8 Å². The zero-order chi connectivity index (χ0) is 21.8. The second-order valence-corrected chi connectivity index (χ2v) is 7.02. The molecule has 0 fully saturated rings. The van der Waals surface area contributed by atoms with E-state index in [1.54, 1.807) is 31.4 Å². The van der Waals surface area contributed by atoms with E-state index in [2.05, 4.69) is 5.32 Å². The van der Waals surface area contributed by atoms with Crippen LogP contribution < -0.4 is 15.0 Å². The number of non-ortho nitro benzene ring substituents is 1. The maximum atomic E-state index is 12.9. The summed E-state index contributed by atoms with van der Waals surface area (Å²) in [4.78, 5) is 25.3. The van der Waals surface area contributed by atoms with Gasteiger partial charge in [-0.15, -0.1) is 0 Å². The monoisotopic (exact) mass is 419 g/mol. The predicted octanol–water partition coefficient (Wildman–Crippen LogP) is 4.28. The van der Waals surface area contributed by atoms with Crippen LogP contribution in [0.15, 0.2) is 72.8 Å². The minimum atomic E-state index is -0.556. The lowest BCUT2D eigenvalue weighted by Gasteiger charge is -2.38. The maximum Gasteiger partial charge on any atom is 0.269 e. The van der Waals surface area contributed by atoms with Crippen LogP contribution >= 0.6 is 0 Å². The van der Waals surface area contributed by atoms with Crippen LogP contribution in [-0.2, 0) is 16.1 Å². The number of anilines is 2. The summed E-state index contributed by atoms with van der Waals surface area (Å²) >= 11 is 0. The summed E-state index contributed by atoms with van der Waals surface area (Å²) in [6.07, 6.45) is -0.556. The smallest absolute Gasteiger partial charge is 0.269 e. The molecule has 31 heavy (non-hydrogen) atoms. The van der Waals surface area contributed by atoms with Gasteiger partial charge in [0.25, 0.3) is 5.69 Å². The molecule has 0 saturated heterocycles. The minimum Gasteiger partial charge on any atom is -0.495 e. The second-order valence-electron chi connectivity index (χ2n) is 7.02. The van der Waals surface area contributed by atoms with Crippen LogP contribution in [0.25, 0.3) is 0 Å². The van der Waals surface area contributed by atoms with Crippen molar-refractivity contribution in [2.75, 3.05) is 23.9 Å². The molecule has 0 aliphatic carbocycles. The lowest BCUT2D eigenvalue weighted by molar-refractivity contribution is -0.384. The van der Waals surface area contributed by atoms with E-state index in [0.717, 1.165) is 16.8 Å². The molecule has 8 nitrogen and oxygen atoms in total. The lowest BCUT2D eigenvalue weighted by Crippen LogP contribution is -2.40.